The molecule has 28 heavy (non-hydrogen) atoms. The van der Waals surface area contributed by atoms with Gasteiger partial charge >= 0.3 is 6.18 Å². The van der Waals surface area contributed by atoms with Crippen molar-refractivity contribution in [3.63, 3.8) is 0 Å². The van der Waals surface area contributed by atoms with E-state index in [0.717, 1.165) is 23.4 Å². The lowest BCUT2D eigenvalue weighted by atomic mass is 10.0. The average molecular weight is 412 g/mol. The highest BCUT2D eigenvalue weighted by atomic mass is 35.5. The Morgan fingerprint density at radius 2 is 1.86 bits per heavy atom. The van der Waals surface area contributed by atoms with Crippen LogP contribution in [0.4, 0.5) is 19.0 Å². The van der Waals surface area contributed by atoms with E-state index in [0.29, 0.717) is 44.0 Å². The molecule has 1 saturated heterocycles. The summed E-state index contributed by atoms with van der Waals surface area (Å²) in [5.74, 6) is 0.279. The number of aryl methyl sites for hydroxylation is 2. The van der Waals surface area contributed by atoms with Crippen LogP contribution in [-0.4, -0.2) is 42.0 Å². The third-order valence-electron chi connectivity index (χ3n) is 4.84. The molecule has 0 spiro atoms. The largest absolute Gasteiger partial charge is 0.417 e. The SMILES string of the molecule is Cc1ccc(C(=O)N2CCCN(c3ncc(C(F)(F)F)cc3Cl)CC2)c(C)c1. The van der Waals surface area contributed by atoms with Crippen LogP contribution in [0.3, 0.4) is 0 Å². The van der Waals surface area contributed by atoms with E-state index < -0.39 is 11.7 Å². The number of nitrogens with zero attached hydrogens (tertiary/aromatic N) is 3. The molecule has 1 amide bonds. The lowest BCUT2D eigenvalue weighted by Gasteiger charge is -2.24. The molecule has 0 saturated carbocycles. The summed E-state index contributed by atoms with van der Waals surface area (Å²) < 4.78 is 38.4. The number of amides is 1. The highest BCUT2D eigenvalue weighted by Gasteiger charge is 2.32. The van der Waals surface area contributed by atoms with Gasteiger partial charge in [0.15, 0.2) is 0 Å². The molecule has 2 aromatic rings. The molecule has 150 valence electrons. The first-order valence-electron chi connectivity index (χ1n) is 9.01. The number of anilines is 1. The molecule has 8 heteroatoms. The van der Waals surface area contributed by atoms with Crippen molar-refractivity contribution in [3.8, 4) is 0 Å². The molecular weight excluding hydrogens is 391 g/mol. The van der Waals surface area contributed by atoms with Crippen LogP contribution in [0.1, 0.15) is 33.5 Å². The van der Waals surface area contributed by atoms with Gasteiger partial charge in [0.2, 0.25) is 0 Å². The first-order valence-corrected chi connectivity index (χ1v) is 9.39. The lowest BCUT2D eigenvalue weighted by Crippen LogP contribution is -2.35. The van der Waals surface area contributed by atoms with Crippen LogP contribution < -0.4 is 4.90 Å². The first-order chi connectivity index (χ1) is 13.2. The van der Waals surface area contributed by atoms with Gasteiger partial charge in [0.1, 0.15) is 5.82 Å². The van der Waals surface area contributed by atoms with E-state index in [9.17, 15) is 18.0 Å². The zero-order chi connectivity index (χ0) is 20.5. The normalized spacial score (nSPS) is 15.5. The number of alkyl halides is 3. The van der Waals surface area contributed by atoms with Crippen LogP contribution in [0.5, 0.6) is 0 Å². The van der Waals surface area contributed by atoms with Crippen LogP contribution in [-0.2, 0) is 6.18 Å². The van der Waals surface area contributed by atoms with Crippen molar-refractivity contribution in [2.24, 2.45) is 0 Å². The number of carbonyl (C=O) groups excluding carboxylic acids is 1. The van der Waals surface area contributed by atoms with E-state index in [-0.39, 0.29) is 10.9 Å². The third kappa shape index (κ3) is 4.41. The van der Waals surface area contributed by atoms with Crippen LogP contribution in [0.15, 0.2) is 30.5 Å². The molecule has 1 aliphatic rings. The molecule has 0 bridgehead atoms. The summed E-state index contributed by atoms with van der Waals surface area (Å²) in [5, 5.41) is -0.0380. The molecule has 1 aromatic heterocycles. The number of aromatic nitrogens is 1. The first kappa shape index (κ1) is 20.5. The van der Waals surface area contributed by atoms with Crippen molar-refractivity contribution in [1.29, 1.82) is 0 Å². The number of carbonyl (C=O) groups is 1. The van der Waals surface area contributed by atoms with E-state index in [4.69, 9.17) is 11.6 Å². The van der Waals surface area contributed by atoms with Gasteiger partial charge in [-0.05, 0) is 38.0 Å². The molecule has 4 nitrogen and oxygen atoms in total. The topological polar surface area (TPSA) is 36.4 Å². The van der Waals surface area contributed by atoms with Gasteiger partial charge in [0, 0.05) is 37.9 Å². The molecule has 0 radical (unpaired) electrons. The summed E-state index contributed by atoms with van der Waals surface area (Å²) in [5.41, 5.74) is 1.82. The Bertz CT molecular complexity index is 885. The number of benzene rings is 1. The van der Waals surface area contributed by atoms with Crippen molar-refractivity contribution in [1.82, 2.24) is 9.88 Å². The second kappa shape index (κ2) is 7.99. The molecule has 0 unspecified atom stereocenters. The van der Waals surface area contributed by atoms with Crippen LogP contribution >= 0.6 is 11.6 Å². The van der Waals surface area contributed by atoms with Gasteiger partial charge in [0.25, 0.3) is 5.91 Å². The van der Waals surface area contributed by atoms with Gasteiger partial charge in [-0.25, -0.2) is 4.98 Å². The Morgan fingerprint density at radius 3 is 2.50 bits per heavy atom. The molecule has 1 aliphatic heterocycles. The van der Waals surface area contributed by atoms with Crippen molar-refractivity contribution in [2.75, 3.05) is 31.1 Å². The second-order valence-corrected chi connectivity index (χ2v) is 7.39. The summed E-state index contributed by atoms with van der Waals surface area (Å²) in [6, 6.07) is 6.62. The summed E-state index contributed by atoms with van der Waals surface area (Å²) >= 11 is 6.07. The smallest absolute Gasteiger partial charge is 0.354 e. The van der Waals surface area contributed by atoms with Crippen molar-refractivity contribution in [2.45, 2.75) is 26.4 Å². The highest BCUT2D eigenvalue weighted by molar-refractivity contribution is 6.33. The fraction of sp³-hybridized carbons (Fsp3) is 0.400. The Balaban J connectivity index is 1.74. The summed E-state index contributed by atoms with van der Waals surface area (Å²) in [6.07, 6.45) is -3.01. The van der Waals surface area contributed by atoms with Crippen LogP contribution in [0, 0.1) is 13.8 Å². The maximum atomic E-state index is 12.9. The van der Waals surface area contributed by atoms with Crippen LogP contribution in [0.2, 0.25) is 5.02 Å². The number of rotatable bonds is 2. The summed E-state index contributed by atoms with van der Waals surface area (Å²) in [7, 11) is 0. The zero-order valence-electron chi connectivity index (χ0n) is 15.7. The fourth-order valence-electron chi connectivity index (χ4n) is 3.37. The maximum absolute atomic E-state index is 12.9. The van der Waals surface area contributed by atoms with E-state index in [1.165, 1.54) is 0 Å². The Labute approximate surface area is 166 Å². The highest BCUT2D eigenvalue weighted by Crippen LogP contribution is 2.33. The maximum Gasteiger partial charge on any atom is 0.417 e. The lowest BCUT2D eigenvalue weighted by molar-refractivity contribution is -0.137. The molecule has 1 aromatic carbocycles. The number of pyridine rings is 1. The zero-order valence-corrected chi connectivity index (χ0v) is 16.4. The molecule has 3 rings (SSSR count). The van der Waals surface area contributed by atoms with Gasteiger partial charge in [-0.3, -0.25) is 4.79 Å². The minimum atomic E-state index is -4.48. The van der Waals surface area contributed by atoms with Gasteiger partial charge < -0.3 is 9.80 Å². The standard InChI is InChI=1S/C20H21ClF3N3O/c1-13-4-5-16(14(2)10-13)19(28)27-7-3-6-26(8-9-27)18-17(21)11-15(12-25-18)20(22,23)24/h4-5,10-12H,3,6-9H2,1-2H3. The van der Waals surface area contributed by atoms with E-state index >= 15 is 0 Å². The summed E-state index contributed by atoms with van der Waals surface area (Å²) in [4.78, 5) is 20.4. The predicted octanol–water partition coefficient (Wildman–Crippen LogP) is 4.72. The fourth-order valence-corrected chi connectivity index (χ4v) is 3.66. The van der Waals surface area contributed by atoms with E-state index in [2.05, 4.69) is 4.98 Å². The van der Waals surface area contributed by atoms with Crippen LogP contribution in [0.25, 0.3) is 0 Å². The van der Waals surface area contributed by atoms with E-state index in [1.54, 1.807) is 4.90 Å². The van der Waals surface area contributed by atoms with Crippen molar-refractivity contribution < 1.29 is 18.0 Å². The van der Waals surface area contributed by atoms with E-state index in [1.807, 2.05) is 36.9 Å². The van der Waals surface area contributed by atoms with Gasteiger partial charge in [-0.2, -0.15) is 13.2 Å². The monoisotopic (exact) mass is 411 g/mol. The summed E-state index contributed by atoms with van der Waals surface area (Å²) in [6.45, 7) is 5.93. The predicted molar refractivity (Wildman–Crippen MR) is 103 cm³/mol. The molecule has 0 N–H and O–H groups in total. The third-order valence-corrected chi connectivity index (χ3v) is 5.12. The molecule has 0 aliphatic carbocycles. The molecule has 2 heterocycles. The molecule has 0 atom stereocenters. The quantitative estimate of drug-likeness (QED) is 0.717. The van der Waals surface area contributed by atoms with Gasteiger partial charge in [-0.1, -0.05) is 29.3 Å². The Morgan fingerprint density at radius 1 is 1.11 bits per heavy atom. The Hall–Kier alpha value is -2.28. The minimum absolute atomic E-state index is 0.0363. The minimum Gasteiger partial charge on any atom is -0.354 e. The molecular formula is C20H21ClF3N3O. The number of hydrogen-bond acceptors (Lipinski definition) is 3. The number of halogens is 4. The Kier molecular flexibility index (Phi) is 5.84. The van der Waals surface area contributed by atoms with Gasteiger partial charge in [-0.15, -0.1) is 0 Å². The average Bonchev–Trinajstić information content (AvgIpc) is 2.86. The molecule has 1 fully saturated rings. The number of hydrogen-bond donors (Lipinski definition) is 0. The second-order valence-electron chi connectivity index (χ2n) is 6.98. The van der Waals surface area contributed by atoms with Crippen molar-refractivity contribution in [3.05, 3.63) is 57.7 Å². The van der Waals surface area contributed by atoms with Gasteiger partial charge in [0.05, 0.1) is 10.6 Å². The van der Waals surface area contributed by atoms with Crippen molar-refractivity contribution >= 4 is 23.3 Å².